The van der Waals surface area contributed by atoms with Crippen molar-refractivity contribution in [2.24, 2.45) is 0 Å². The zero-order chi connectivity index (χ0) is 13.0. The Balaban J connectivity index is 2.11. The lowest BCUT2D eigenvalue weighted by atomic mass is 10.1. The van der Waals surface area contributed by atoms with Gasteiger partial charge in [0, 0.05) is 24.7 Å². The highest BCUT2D eigenvalue weighted by molar-refractivity contribution is 5.39. The highest BCUT2D eigenvalue weighted by atomic mass is 16.5. The minimum Gasteiger partial charge on any atom is -0.508 e. The molecule has 18 heavy (non-hydrogen) atoms. The van der Waals surface area contributed by atoms with Crippen molar-refractivity contribution >= 4 is 0 Å². The molecule has 100 valence electrons. The summed E-state index contributed by atoms with van der Waals surface area (Å²) in [6, 6.07) is 5.80. The van der Waals surface area contributed by atoms with Crippen LogP contribution in [0, 0.1) is 0 Å². The summed E-state index contributed by atoms with van der Waals surface area (Å²) in [5.41, 5.74) is 0.912. The number of ether oxygens (including phenoxy) is 2. The molecule has 1 aliphatic heterocycles. The Bertz CT molecular complexity index is 395. The van der Waals surface area contributed by atoms with Crippen molar-refractivity contribution in [1.82, 2.24) is 4.90 Å². The summed E-state index contributed by atoms with van der Waals surface area (Å²) in [5, 5.41) is 9.91. The van der Waals surface area contributed by atoms with E-state index < -0.39 is 0 Å². The summed E-state index contributed by atoms with van der Waals surface area (Å²) in [6.45, 7) is 5.36. The molecular formula is C14H21NO3. The smallest absolute Gasteiger partial charge is 0.120 e. The van der Waals surface area contributed by atoms with Gasteiger partial charge in [0.05, 0.1) is 20.3 Å². The molecule has 1 saturated heterocycles. The van der Waals surface area contributed by atoms with E-state index in [-0.39, 0.29) is 0 Å². The zero-order valence-corrected chi connectivity index (χ0v) is 11.1. The van der Waals surface area contributed by atoms with Crippen molar-refractivity contribution in [3.8, 4) is 11.5 Å². The van der Waals surface area contributed by atoms with E-state index in [9.17, 15) is 5.11 Å². The molecule has 1 fully saturated rings. The van der Waals surface area contributed by atoms with Gasteiger partial charge < -0.3 is 14.6 Å². The Morgan fingerprint density at radius 3 is 3.06 bits per heavy atom. The van der Waals surface area contributed by atoms with Crippen LogP contribution >= 0.6 is 0 Å². The molecule has 0 aromatic heterocycles. The molecule has 0 bridgehead atoms. The van der Waals surface area contributed by atoms with Gasteiger partial charge in [-0.25, -0.2) is 0 Å². The van der Waals surface area contributed by atoms with E-state index in [1.807, 2.05) is 6.07 Å². The number of rotatable bonds is 4. The zero-order valence-electron chi connectivity index (χ0n) is 11.1. The number of methoxy groups -OCH3 is 1. The monoisotopic (exact) mass is 251 g/mol. The van der Waals surface area contributed by atoms with Crippen molar-refractivity contribution in [3.63, 3.8) is 0 Å². The second kappa shape index (κ2) is 6.07. The van der Waals surface area contributed by atoms with Crippen LogP contribution in [-0.2, 0) is 11.3 Å². The van der Waals surface area contributed by atoms with Gasteiger partial charge in [-0.15, -0.1) is 0 Å². The molecule has 1 unspecified atom stereocenters. The van der Waals surface area contributed by atoms with E-state index in [0.717, 1.165) is 44.0 Å². The van der Waals surface area contributed by atoms with Gasteiger partial charge >= 0.3 is 0 Å². The van der Waals surface area contributed by atoms with Crippen molar-refractivity contribution < 1.29 is 14.6 Å². The topological polar surface area (TPSA) is 41.9 Å². The molecule has 1 aliphatic rings. The average molecular weight is 251 g/mol. The molecule has 0 spiro atoms. The second-order valence-electron chi connectivity index (χ2n) is 4.60. The number of benzene rings is 1. The van der Waals surface area contributed by atoms with Gasteiger partial charge in [0.1, 0.15) is 11.5 Å². The fourth-order valence-corrected chi connectivity index (χ4v) is 2.31. The first-order valence-corrected chi connectivity index (χ1v) is 6.42. The van der Waals surface area contributed by atoms with Crippen LogP contribution in [0.3, 0.4) is 0 Å². The second-order valence-corrected chi connectivity index (χ2v) is 4.60. The van der Waals surface area contributed by atoms with E-state index in [1.54, 1.807) is 19.2 Å². The third-order valence-corrected chi connectivity index (χ3v) is 3.48. The SMILES string of the molecule is CCC1COCCN1Cc1cc(OC)ccc1O. The molecule has 0 saturated carbocycles. The fourth-order valence-electron chi connectivity index (χ4n) is 2.31. The predicted molar refractivity (Wildman–Crippen MR) is 70.0 cm³/mol. The average Bonchev–Trinajstić information content (AvgIpc) is 2.42. The summed E-state index contributed by atoms with van der Waals surface area (Å²) in [7, 11) is 1.64. The molecule has 0 radical (unpaired) electrons. The fraction of sp³-hybridized carbons (Fsp3) is 0.571. The van der Waals surface area contributed by atoms with Crippen LogP contribution in [-0.4, -0.2) is 42.9 Å². The Morgan fingerprint density at radius 1 is 1.50 bits per heavy atom. The van der Waals surface area contributed by atoms with Crippen molar-refractivity contribution in [1.29, 1.82) is 0 Å². The van der Waals surface area contributed by atoms with E-state index in [0.29, 0.717) is 11.8 Å². The summed E-state index contributed by atoms with van der Waals surface area (Å²) in [6.07, 6.45) is 1.06. The van der Waals surface area contributed by atoms with Gasteiger partial charge in [0.2, 0.25) is 0 Å². The normalized spacial score (nSPS) is 20.9. The van der Waals surface area contributed by atoms with Gasteiger partial charge in [-0.2, -0.15) is 0 Å². The molecule has 1 aromatic carbocycles. The summed E-state index contributed by atoms with van der Waals surface area (Å²) in [5.74, 6) is 1.11. The van der Waals surface area contributed by atoms with Crippen LogP contribution in [0.1, 0.15) is 18.9 Å². The van der Waals surface area contributed by atoms with Gasteiger partial charge in [-0.05, 0) is 24.6 Å². The van der Waals surface area contributed by atoms with Crippen LogP contribution in [0.25, 0.3) is 0 Å². The first kappa shape index (κ1) is 13.2. The number of hydrogen-bond donors (Lipinski definition) is 1. The summed E-state index contributed by atoms with van der Waals surface area (Å²) >= 11 is 0. The molecule has 1 atom stereocenters. The van der Waals surface area contributed by atoms with Gasteiger partial charge in [0.25, 0.3) is 0 Å². The highest BCUT2D eigenvalue weighted by Gasteiger charge is 2.22. The van der Waals surface area contributed by atoms with Crippen LogP contribution in [0.5, 0.6) is 11.5 Å². The molecule has 1 heterocycles. The first-order chi connectivity index (χ1) is 8.74. The molecule has 0 amide bonds. The standard InChI is InChI=1S/C14H21NO3/c1-3-12-10-18-7-6-15(12)9-11-8-13(17-2)4-5-14(11)16/h4-5,8,12,16H,3,6-7,9-10H2,1-2H3. The van der Waals surface area contributed by atoms with E-state index in [2.05, 4.69) is 11.8 Å². The largest absolute Gasteiger partial charge is 0.508 e. The number of morpholine rings is 1. The number of hydrogen-bond acceptors (Lipinski definition) is 4. The quantitative estimate of drug-likeness (QED) is 0.889. The van der Waals surface area contributed by atoms with E-state index in [4.69, 9.17) is 9.47 Å². The molecule has 1 aromatic rings. The maximum absolute atomic E-state index is 9.91. The Labute approximate surface area is 108 Å². The summed E-state index contributed by atoms with van der Waals surface area (Å²) < 4.78 is 10.7. The lowest BCUT2D eigenvalue weighted by Crippen LogP contribution is -2.44. The molecule has 2 rings (SSSR count). The Hall–Kier alpha value is -1.26. The van der Waals surface area contributed by atoms with E-state index in [1.165, 1.54) is 0 Å². The highest BCUT2D eigenvalue weighted by Crippen LogP contribution is 2.25. The third kappa shape index (κ3) is 2.94. The summed E-state index contributed by atoms with van der Waals surface area (Å²) in [4.78, 5) is 2.36. The maximum Gasteiger partial charge on any atom is 0.120 e. The number of phenolic OH excluding ortho intramolecular Hbond substituents is 1. The van der Waals surface area contributed by atoms with Crippen molar-refractivity contribution in [2.75, 3.05) is 26.9 Å². The molecule has 4 nitrogen and oxygen atoms in total. The lowest BCUT2D eigenvalue weighted by Gasteiger charge is -2.35. The Morgan fingerprint density at radius 2 is 2.33 bits per heavy atom. The molecule has 4 heteroatoms. The van der Waals surface area contributed by atoms with E-state index >= 15 is 0 Å². The minimum atomic E-state index is 0.331. The molecule has 1 N–H and O–H groups in total. The van der Waals surface area contributed by atoms with Crippen LogP contribution < -0.4 is 4.74 Å². The molecule has 0 aliphatic carbocycles. The predicted octanol–water partition coefficient (Wildman–Crippen LogP) is 2.01. The van der Waals surface area contributed by atoms with Gasteiger partial charge in [0.15, 0.2) is 0 Å². The maximum atomic E-state index is 9.91. The van der Waals surface area contributed by atoms with Crippen LogP contribution in [0.15, 0.2) is 18.2 Å². The van der Waals surface area contributed by atoms with Crippen LogP contribution in [0.2, 0.25) is 0 Å². The molecular weight excluding hydrogens is 230 g/mol. The van der Waals surface area contributed by atoms with Gasteiger partial charge in [-0.1, -0.05) is 6.92 Å². The number of nitrogens with zero attached hydrogens (tertiary/aromatic N) is 1. The first-order valence-electron chi connectivity index (χ1n) is 6.42. The Kier molecular flexibility index (Phi) is 4.44. The number of phenols is 1. The minimum absolute atomic E-state index is 0.331. The van der Waals surface area contributed by atoms with Crippen LogP contribution in [0.4, 0.5) is 0 Å². The van der Waals surface area contributed by atoms with Gasteiger partial charge in [-0.3, -0.25) is 4.90 Å². The van der Waals surface area contributed by atoms with Crippen molar-refractivity contribution in [3.05, 3.63) is 23.8 Å². The third-order valence-electron chi connectivity index (χ3n) is 3.48. The van der Waals surface area contributed by atoms with Crippen molar-refractivity contribution in [2.45, 2.75) is 25.9 Å². The number of aromatic hydroxyl groups is 1. The lowest BCUT2D eigenvalue weighted by molar-refractivity contribution is -0.0130.